The van der Waals surface area contributed by atoms with Gasteiger partial charge in [-0.1, -0.05) is 30.8 Å². The summed E-state index contributed by atoms with van der Waals surface area (Å²) in [6.07, 6.45) is 3.08. The highest BCUT2D eigenvalue weighted by molar-refractivity contribution is 6.03. The second kappa shape index (κ2) is 8.51. The molecule has 0 aromatic heterocycles. The average Bonchev–Trinajstić information content (AvgIpc) is 2.82. The van der Waals surface area contributed by atoms with Gasteiger partial charge in [0.1, 0.15) is 11.9 Å². The number of carbonyl (C=O) groups is 1. The van der Waals surface area contributed by atoms with Crippen molar-refractivity contribution in [2.24, 2.45) is 5.92 Å². The lowest BCUT2D eigenvalue weighted by atomic mass is 9.88. The number of likely N-dealkylation sites (tertiary alicyclic amines) is 1. The molecular formula is C26H32N4O2. The number of para-hydroxylation sites is 1. The Morgan fingerprint density at radius 1 is 1.09 bits per heavy atom. The number of amides is 1. The lowest BCUT2D eigenvalue weighted by Crippen LogP contribution is -2.50. The van der Waals surface area contributed by atoms with Crippen LogP contribution in [0.1, 0.15) is 53.0 Å². The normalized spacial score (nSPS) is 23.3. The number of ether oxygens (including phenoxy) is 1. The molecule has 0 bridgehead atoms. The Morgan fingerprint density at radius 3 is 2.56 bits per heavy atom. The topological polar surface area (TPSA) is 56.8 Å². The summed E-state index contributed by atoms with van der Waals surface area (Å²) in [7, 11) is 3.85. The van der Waals surface area contributed by atoms with Crippen LogP contribution in [0, 0.1) is 5.92 Å². The largest absolute Gasteiger partial charge is 0.497 e. The van der Waals surface area contributed by atoms with E-state index in [0.29, 0.717) is 5.92 Å². The van der Waals surface area contributed by atoms with Gasteiger partial charge in [-0.15, -0.1) is 0 Å². The first-order valence-corrected chi connectivity index (χ1v) is 11.5. The molecule has 0 radical (unpaired) electrons. The van der Waals surface area contributed by atoms with Crippen molar-refractivity contribution in [3.8, 4) is 5.75 Å². The molecule has 168 valence electrons. The number of piperidine rings is 1. The molecule has 2 aromatic carbocycles. The molecule has 6 heteroatoms. The summed E-state index contributed by atoms with van der Waals surface area (Å²) in [5, 5.41) is 6.96. The van der Waals surface area contributed by atoms with Gasteiger partial charge in [0, 0.05) is 18.2 Å². The molecule has 3 aliphatic rings. The number of carbonyl (C=O) groups excluding carboxylic acids is 1. The predicted octanol–water partition coefficient (Wildman–Crippen LogP) is 3.83. The van der Waals surface area contributed by atoms with Crippen molar-refractivity contribution in [2.75, 3.05) is 38.7 Å². The van der Waals surface area contributed by atoms with Crippen molar-refractivity contribution >= 4 is 11.6 Å². The van der Waals surface area contributed by atoms with Crippen molar-refractivity contribution < 1.29 is 9.53 Å². The summed E-state index contributed by atoms with van der Waals surface area (Å²) < 4.78 is 5.30. The van der Waals surface area contributed by atoms with E-state index in [1.165, 1.54) is 5.56 Å². The van der Waals surface area contributed by atoms with Crippen LogP contribution in [0.4, 0.5) is 5.69 Å². The quantitative estimate of drug-likeness (QED) is 0.752. The van der Waals surface area contributed by atoms with Crippen LogP contribution in [0.15, 0.2) is 54.7 Å². The van der Waals surface area contributed by atoms with Crippen LogP contribution >= 0.6 is 0 Å². The van der Waals surface area contributed by atoms with E-state index in [4.69, 9.17) is 4.74 Å². The molecule has 1 amide bonds. The van der Waals surface area contributed by atoms with Crippen LogP contribution in [0.2, 0.25) is 0 Å². The third-order valence-electron chi connectivity index (χ3n) is 7.22. The fourth-order valence-corrected chi connectivity index (χ4v) is 5.32. The Morgan fingerprint density at radius 2 is 1.84 bits per heavy atom. The van der Waals surface area contributed by atoms with Gasteiger partial charge in [-0.05, 0) is 68.7 Å². The number of allylic oxidation sites excluding steroid dienone is 1. The Labute approximate surface area is 190 Å². The summed E-state index contributed by atoms with van der Waals surface area (Å²) >= 11 is 0. The first-order valence-electron chi connectivity index (χ1n) is 11.5. The van der Waals surface area contributed by atoms with Crippen molar-refractivity contribution in [2.45, 2.75) is 31.5 Å². The minimum absolute atomic E-state index is 0.0197. The number of hydrogen-bond donors (Lipinski definition) is 2. The van der Waals surface area contributed by atoms with Gasteiger partial charge in [0.25, 0.3) is 5.91 Å². The van der Waals surface area contributed by atoms with E-state index < -0.39 is 0 Å². The van der Waals surface area contributed by atoms with E-state index in [1.54, 1.807) is 7.11 Å². The van der Waals surface area contributed by atoms with Crippen LogP contribution in [0.5, 0.6) is 5.75 Å². The van der Waals surface area contributed by atoms with Gasteiger partial charge in [0.2, 0.25) is 0 Å². The number of nitrogens with one attached hydrogen (secondary N) is 2. The van der Waals surface area contributed by atoms with E-state index in [1.807, 2.05) is 36.4 Å². The molecule has 2 atom stereocenters. The monoisotopic (exact) mass is 432 g/mol. The molecule has 3 heterocycles. The molecule has 0 saturated carbocycles. The minimum Gasteiger partial charge on any atom is -0.497 e. The highest BCUT2D eigenvalue weighted by Crippen LogP contribution is 2.43. The lowest BCUT2D eigenvalue weighted by Gasteiger charge is -2.45. The zero-order valence-corrected chi connectivity index (χ0v) is 18.9. The fourth-order valence-electron chi connectivity index (χ4n) is 5.32. The third-order valence-corrected chi connectivity index (χ3v) is 7.22. The van der Waals surface area contributed by atoms with Gasteiger partial charge in [-0.25, -0.2) is 0 Å². The Kier molecular flexibility index (Phi) is 5.55. The van der Waals surface area contributed by atoms with Crippen molar-refractivity contribution in [3.63, 3.8) is 0 Å². The van der Waals surface area contributed by atoms with Gasteiger partial charge >= 0.3 is 0 Å². The zero-order chi connectivity index (χ0) is 22.2. The van der Waals surface area contributed by atoms with Gasteiger partial charge in [0.15, 0.2) is 0 Å². The molecular weight excluding hydrogens is 400 g/mol. The summed E-state index contributed by atoms with van der Waals surface area (Å²) in [5.74, 6) is 1.31. The summed E-state index contributed by atoms with van der Waals surface area (Å²) in [6, 6.07) is 14.2. The van der Waals surface area contributed by atoms with E-state index in [0.717, 1.165) is 67.2 Å². The van der Waals surface area contributed by atoms with E-state index in [9.17, 15) is 4.79 Å². The molecule has 32 heavy (non-hydrogen) atoms. The molecule has 1 saturated heterocycles. The van der Waals surface area contributed by atoms with Crippen molar-refractivity contribution in [1.29, 1.82) is 0 Å². The predicted molar refractivity (Wildman–Crippen MR) is 127 cm³/mol. The Bertz CT molecular complexity index is 1010. The molecule has 2 unspecified atom stereocenters. The zero-order valence-electron chi connectivity index (χ0n) is 18.9. The van der Waals surface area contributed by atoms with Crippen LogP contribution in [0.25, 0.3) is 0 Å². The lowest BCUT2D eigenvalue weighted by molar-refractivity contribution is 0.0924. The number of nitrogens with zero attached hydrogens (tertiary/aromatic N) is 2. The van der Waals surface area contributed by atoms with Crippen LogP contribution in [0.3, 0.4) is 0 Å². The van der Waals surface area contributed by atoms with Crippen LogP contribution in [-0.2, 0) is 0 Å². The summed E-state index contributed by atoms with van der Waals surface area (Å²) in [4.78, 5) is 17.8. The number of hydrogen-bond acceptors (Lipinski definition) is 5. The second-order valence-corrected chi connectivity index (χ2v) is 9.17. The fraction of sp³-hybridized carbons (Fsp3) is 0.423. The first kappa shape index (κ1) is 20.9. The number of benzene rings is 2. The standard InChI is InChI=1S/C26H32N4O2/c1-17(18-11-14-29(2)15-12-18)27-23-13-16-30-24-21(23)5-4-6-22(24)26(31)28-25(30)19-7-9-20(32-3)10-8-19/h4-10,18,23,25,27H,1,11-16H2,2-3H3,(H,28,31). The molecule has 2 aromatic rings. The van der Waals surface area contributed by atoms with Crippen molar-refractivity contribution in [1.82, 2.24) is 15.5 Å². The maximum absolute atomic E-state index is 13.0. The molecule has 6 nitrogen and oxygen atoms in total. The molecule has 0 aliphatic carbocycles. The van der Waals surface area contributed by atoms with E-state index in [-0.39, 0.29) is 18.1 Å². The maximum atomic E-state index is 13.0. The first-order chi connectivity index (χ1) is 15.5. The Hall–Kier alpha value is -2.99. The van der Waals surface area contributed by atoms with Gasteiger partial charge in [0.05, 0.1) is 24.4 Å². The number of anilines is 1. The van der Waals surface area contributed by atoms with Gasteiger partial charge < -0.3 is 25.2 Å². The van der Waals surface area contributed by atoms with Gasteiger partial charge in [-0.2, -0.15) is 0 Å². The summed E-state index contributed by atoms with van der Waals surface area (Å²) in [6.45, 7) is 7.50. The SMILES string of the molecule is C=C(NC1CCN2c3c(cccc31)C(=O)NC2c1ccc(OC)cc1)C1CCN(C)CC1. The smallest absolute Gasteiger partial charge is 0.255 e. The summed E-state index contributed by atoms with van der Waals surface area (Å²) in [5.41, 5.74) is 5.19. The third kappa shape index (κ3) is 3.73. The number of methoxy groups -OCH3 is 1. The minimum atomic E-state index is -0.180. The highest BCUT2D eigenvalue weighted by Gasteiger charge is 2.38. The van der Waals surface area contributed by atoms with Gasteiger partial charge in [-0.3, -0.25) is 4.79 Å². The Balaban J connectivity index is 1.42. The molecule has 5 rings (SSSR count). The molecule has 0 spiro atoms. The highest BCUT2D eigenvalue weighted by atomic mass is 16.5. The molecule has 1 fully saturated rings. The van der Waals surface area contributed by atoms with Crippen LogP contribution < -0.4 is 20.3 Å². The van der Waals surface area contributed by atoms with E-state index >= 15 is 0 Å². The maximum Gasteiger partial charge on any atom is 0.255 e. The second-order valence-electron chi connectivity index (χ2n) is 9.17. The van der Waals surface area contributed by atoms with E-state index in [2.05, 4.69) is 40.1 Å². The number of rotatable bonds is 5. The average molecular weight is 433 g/mol. The van der Waals surface area contributed by atoms with Crippen LogP contribution in [-0.4, -0.2) is 44.6 Å². The molecule has 2 N–H and O–H groups in total. The van der Waals surface area contributed by atoms with Crippen molar-refractivity contribution in [3.05, 3.63) is 71.4 Å². The molecule has 3 aliphatic heterocycles.